The topological polar surface area (TPSA) is 24.5 Å². The second-order valence-corrected chi connectivity index (χ2v) is 7.65. The van der Waals surface area contributed by atoms with Gasteiger partial charge in [-0.3, -0.25) is 0 Å². The zero-order valence-electron chi connectivity index (χ0n) is 15.5. The summed E-state index contributed by atoms with van der Waals surface area (Å²) in [5.74, 6) is 0.592. The van der Waals surface area contributed by atoms with Crippen molar-refractivity contribution < 1.29 is 4.74 Å². The van der Waals surface area contributed by atoms with Crippen molar-refractivity contribution in [1.82, 2.24) is 10.2 Å². The van der Waals surface area contributed by atoms with Crippen molar-refractivity contribution in [3.8, 4) is 0 Å². The van der Waals surface area contributed by atoms with E-state index in [4.69, 9.17) is 4.74 Å². The van der Waals surface area contributed by atoms with Gasteiger partial charge in [0.05, 0.1) is 11.2 Å². The van der Waals surface area contributed by atoms with E-state index in [0.717, 1.165) is 26.1 Å². The van der Waals surface area contributed by atoms with Crippen LogP contribution < -0.4 is 5.32 Å². The Hall–Kier alpha value is -0.120. The van der Waals surface area contributed by atoms with Crippen LogP contribution in [0.1, 0.15) is 67.7 Å². The average molecular weight is 299 g/mol. The predicted octanol–water partition coefficient (Wildman–Crippen LogP) is 3.68. The van der Waals surface area contributed by atoms with E-state index >= 15 is 0 Å². The van der Waals surface area contributed by atoms with E-state index in [1.54, 1.807) is 0 Å². The van der Waals surface area contributed by atoms with E-state index in [1.807, 2.05) is 0 Å². The molecule has 1 heterocycles. The van der Waals surface area contributed by atoms with E-state index in [9.17, 15) is 0 Å². The van der Waals surface area contributed by atoms with E-state index in [0.29, 0.717) is 12.0 Å². The first kappa shape index (κ1) is 18.9. The first-order valence-electron chi connectivity index (χ1n) is 8.91. The van der Waals surface area contributed by atoms with Gasteiger partial charge >= 0.3 is 0 Å². The third kappa shape index (κ3) is 5.54. The summed E-state index contributed by atoms with van der Waals surface area (Å²) in [7, 11) is 0. The molecule has 0 saturated carbocycles. The first-order chi connectivity index (χ1) is 9.75. The summed E-state index contributed by atoms with van der Waals surface area (Å²) in [5, 5.41) is 3.80. The molecule has 2 atom stereocenters. The maximum atomic E-state index is 6.32. The van der Waals surface area contributed by atoms with Crippen LogP contribution in [-0.4, -0.2) is 48.3 Å². The molecule has 3 nitrogen and oxygen atoms in total. The van der Waals surface area contributed by atoms with Gasteiger partial charge in [0.15, 0.2) is 0 Å². The molecule has 1 fully saturated rings. The van der Waals surface area contributed by atoms with Crippen molar-refractivity contribution in [2.24, 2.45) is 5.92 Å². The van der Waals surface area contributed by atoms with Crippen LogP contribution in [0.15, 0.2) is 0 Å². The lowest BCUT2D eigenvalue weighted by atomic mass is 9.80. The van der Waals surface area contributed by atoms with E-state index < -0.39 is 0 Å². The monoisotopic (exact) mass is 298 g/mol. The summed E-state index contributed by atoms with van der Waals surface area (Å²) in [5.41, 5.74) is -0.0202. The molecular weight excluding hydrogens is 260 g/mol. The second-order valence-electron chi connectivity index (χ2n) is 7.65. The predicted molar refractivity (Wildman–Crippen MR) is 91.8 cm³/mol. The molecule has 2 unspecified atom stereocenters. The lowest BCUT2D eigenvalue weighted by Gasteiger charge is -2.34. The van der Waals surface area contributed by atoms with Crippen LogP contribution in [0.2, 0.25) is 0 Å². The summed E-state index contributed by atoms with van der Waals surface area (Å²) in [6.07, 6.45) is 3.56. The number of hydrogen-bond acceptors (Lipinski definition) is 3. The van der Waals surface area contributed by atoms with Crippen molar-refractivity contribution >= 4 is 0 Å². The molecular formula is C18H38N2O. The molecule has 0 bridgehead atoms. The smallest absolute Gasteiger partial charge is 0.0677 e. The maximum absolute atomic E-state index is 6.32. The number of nitrogens with zero attached hydrogens (tertiary/aromatic N) is 1. The fraction of sp³-hybridized carbons (Fsp3) is 1.00. The molecule has 0 aromatic rings. The van der Waals surface area contributed by atoms with Gasteiger partial charge in [0, 0.05) is 12.0 Å². The zero-order valence-corrected chi connectivity index (χ0v) is 15.5. The zero-order chi connectivity index (χ0) is 16.1. The van der Waals surface area contributed by atoms with Crippen molar-refractivity contribution in [3.05, 3.63) is 0 Å². The highest BCUT2D eigenvalue weighted by Gasteiger charge is 2.48. The van der Waals surface area contributed by atoms with Crippen LogP contribution in [0.4, 0.5) is 0 Å². The lowest BCUT2D eigenvalue weighted by Crippen LogP contribution is -2.46. The molecule has 0 aliphatic carbocycles. The largest absolute Gasteiger partial charge is 0.369 e. The van der Waals surface area contributed by atoms with Crippen LogP contribution in [0.25, 0.3) is 0 Å². The molecule has 0 aromatic carbocycles. The minimum atomic E-state index is -0.0296. The Kier molecular flexibility index (Phi) is 7.15. The van der Waals surface area contributed by atoms with Gasteiger partial charge in [-0.2, -0.15) is 0 Å². The van der Waals surface area contributed by atoms with Gasteiger partial charge in [-0.1, -0.05) is 20.8 Å². The highest BCUT2D eigenvalue weighted by molar-refractivity contribution is 4.99. The van der Waals surface area contributed by atoms with Crippen molar-refractivity contribution in [3.63, 3.8) is 0 Å². The Balaban J connectivity index is 2.72. The lowest BCUT2D eigenvalue weighted by molar-refractivity contribution is -0.0780. The minimum Gasteiger partial charge on any atom is -0.369 e. The Morgan fingerprint density at radius 3 is 2.19 bits per heavy atom. The van der Waals surface area contributed by atoms with Gasteiger partial charge in [-0.25, -0.2) is 0 Å². The molecule has 0 aromatic heterocycles. The fourth-order valence-electron chi connectivity index (χ4n) is 3.87. The third-order valence-electron chi connectivity index (χ3n) is 4.94. The molecule has 1 N–H and O–H groups in total. The molecule has 126 valence electrons. The van der Waals surface area contributed by atoms with Crippen molar-refractivity contribution in [2.45, 2.75) is 85.0 Å². The molecule has 1 aliphatic rings. The molecule has 3 heteroatoms. The van der Waals surface area contributed by atoms with Gasteiger partial charge in [0.2, 0.25) is 0 Å². The molecule has 1 saturated heterocycles. The highest BCUT2D eigenvalue weighted by atomic mass is 16.5. The molecule has 1 rings (SSSR count). The summed E-state index contributed by atoms with van der Waals surface area (Å²) >= 11 is 0. The first-order valence-corrected chi connectivity index (χ1v) is 8.91. The van der Waals surface area contributed by atoms with E-state index in [1.165, 1.54) is 19.4 Å². The Morgan fingerprint density at radius 1 is 1.14 bits per heavy atom. The number of nitrogens with one attached hydrogen (secondary N) is 1. The summed E-state index contributed by atoms with van der Waals surface area (Å²) in [4.78, 5) is 2.52. The maximum Gasteiger partial charge on any atom is 0.0677 e. The van der Waals surface area contributed by atoms with Gasteiger partial charge in [0.25, 0.3) is 0 Å². The second kappa shape index (κ2) is 7.94. The van der Waals surface area contributed by atoms with Crippen LogP contribution in [0.5, 0.6) is 0 Å². The third-order valence-corrected chi connectivity index (χ3v) is 4.94. The van der Waals surface area contributed by atoms with E-state index in [2.05, 4.69) is 58.7 Å². The number of rotatable bonds is 9. The van der Waals surface area contributed by atoms with Crippen molar-refractivity contribution in [2.75, 3.05) is 26.2 Å². The van der Waals surface area contributed by atoms with Gasteiger partial charge in [-0.15, -0.1) is 0 Å². The Labute approximate surface area is 132 Å². The normalized spacial score (nSPS) is 25.4. The molecule has 0 amide bonds. The van der Waals surface area contributed by atoms with Crippen LogP contribution in [-0.2, 0) is 4.74 Å². The molecule has 0 radical (unpaired) electrons. The molecule has 21 heavy (non-hydrogen) atoms. The fourth-order valence-corrected chi connectivity index (χ4v) is 3.87. The average Bonchev–Trinajstić information content (AvgIpc) is 2.62. The quantitative estimate of drug-likeness (QED) is 0.703. The number of ether oxygens (including phenoxy) is 1. The van der Waals surface area contributed by atoms with Crippen molar-refractivity contribution in [1.29, 1.82) is 0 Å². The Morgan fingerprint density at radius 2 is 1.76 bits per heavy atom. The minimum absolute atomic E-state index is 0.00944. The van der Waals surface area contributed by atoms with Crippen LogP contribution >= 0.6 is 0 Å². The van der Waals surface area contributed by atoms with Crippen LogP contribution in [0, 0.1) is 5.92 Å². The Bertz CT molecular complexity index is 298. The SMILES string of the molecule is CCCNC(CCN(CC)CC)C1CC(C)(C)OC1(C)C. The molecule has 1 aliphatic heterocycles. The molecule has 0 spiro atoms. The van der Waals surface area contributed by atoms with Gasteiger partial charge < -0.3 is 15.0 Å². The summed E-state index contributed by atoms with van der Waals surface area (Å²) < 4.78 is 6.32. The van der Waals surface area contributed by atoms with Gasteiger partial charge in [0.1, 0.15) is 0 Å². The van der Waals surface area contributed by atoms with Gasteiger partial charge in [-0.05, 0) is 73.1 Å². The highest BCUT2D eigenvalue weighted by Crippen LogP contribution is 2.44. The standard InChI is InChI=1S/C18H38N2O/c1-8-12-19-16(11-13-20(9-2)10-3)15-14-17(4,5)21-18(15,6)7/h15-16,19H,8-14H2,1-7H3. The van der Waals surface area contributed by atoms with Crippen LogP contribution in [0.3, 0.4) is 0 Å². The summed E-state index contributed by atoms with van der Waals surface area (Å²) in [6, 6.07) is 0.558. The van der Waals surface area contributed by atoms with E-state index in [-0.39, 0.29) is 11.2 Å². The summed E-state index contributed by atoms with van der Waals surface area (Å²) in [6.45, 7) is 20.3. The number of hydrogen-bond donors (Lipinski definition) is 1.